The molecule has 1 aliphatic rings. The summed E-state index contributed by atoms with van der Waals surface area (Å²) in [4.78, 5) is 33.1. The van der Waals surface area contributed by atoms with Gasteiger partial charge in [-0.3, -0.25) is 14.5 Å². The van der Waals surface area contributed by atoms with Crippen LogP contribution in [0.1, 0.15) is 29.3 Å². The lowest BCUT2D eigenvalue weighted by molar-refractivity contribution is -0.136. The highest BCUT2D eigenvalue weighted by molar-refractivity contribution is 7.93. The molecule has 0 radical (unpaired) electrons. The van der Waals surface area contributed by atoms with Crippen molar-refractivity contribution in [3.63, 3.8) is 0 Å². The summed E-state index contributed by atoms with van der Waals surface area (Å²) < 4.78 is 41.0. The first-order valence-corrected chi connectivity index (χ1v) is 16.4. The van der Waals surface area contributed by atoms with Gasteiger partial charge in [-0.25, -0.2) is 13.4 Å². The van der Waals surface area contributed by atoms with E-state index in [4.69, 9.17) is 14.5 Å². The molecule has 1 atom stereocenters. The fourth-order valence-corrected chi connectivity index (χ4v) is 7.10. The normalized spacial score (nSPS) is 14.6. The molecule has 1 N–H and O–H groups in total. The number of pyridine rings is 1. The number of aryl methyl sites for hydroxylation is 1. The Morgan fingerprint density at radius 2 is 1.59 bits per heavy atom. The molecule has 5 aromatic rings. The summed E-state index contributed by atoms with van der Waals surface area (Å²) in [6.07, 6.45) is -0.156. The monoisotopic (exact) mass is 639 g/mol. The van der Waals surface area contributed by atoms with Gasteiger partial charge in [-0.1, -0.05) is 54.6 Å². The van der Waals surface area contributed by atoms with Crippen LogP contribution >= 0.6 is 0 Å². The van der Waals surface area contributed by atoms with Gasteiger partial charge < -0.3 is 14.6 Å². The number of aromatic nitrogens is 1. The fraction of sp³-hybridized carbons (Fsp3) is 0.229. The molecule has 46 heavy (non-hydrogen) atoms. The molecule has 236 valence electrons. The van der Waals surface area contributed by atoms with Gasteiger partial charge in [0.1, 0.15) is 12.0 Å². The number of rotatable bonds is 10. The van der Waals surface area contributed by atoms with Gasteiger partial charge in [-0.2, -0.15) is 4.31 Å². The van der Waals surface area contributed by atoms with Crippen LogP contribution < -0.4 is 9.04 Å². The molecule has 11 heteroatoms. The number of aliphatic carboxylic acids is 1. The minimum atomic E-state index is -4.40. The number of anilines is 1. The van der Waals surface area contributed by atoms with E-state index < -0.39 is 21.9 Å². The first kappa shape index (κ1) is 31.2. The minimum Gasteiger partial charge on any atom is -0.481 e. The van der Waals surface area contributed by atoms with Crippen molar-refractivity contribution in [2.24, 2.45) is 0 Å². The Morgan fingerprint density at radius 3 is 2.30 bits per heavy atom. The second-order valence-electron chi connectivity index (χ2n) is 11.0. The number of para-hydroxylation sites is 2. The number of morpholine rings is 1. The zero-order chi connectivity index (χ0) is 32.3. The van der Waals surface area contributed by atoms with E-state index >= 15 is 0 Å². The first-order valence-electron chi connectivity index (χ1n) is 15.0. The fourth-order valence-electron chi connectivity index (χ4n) is 5.68. The number of carbonyl (C=O) groups excluding carboxylic acids is 1. The van der Waals surface area contributed by atoms with Crippen molar-refractivity contribution in [3.8, 4) is 5.75 Å². The number of amides is 1. The van der Waals surface area contributed by atoms with Gasteiger partial charge in [0.2, 0.25) is 0 Å². The SMILES string of the molecule is CC(Oc1ccc(N(C(=O)c2c3ccccc3nc3c(CCC(=O)O)cccc23)S(=O)(=O)c2ccccc2)cc1)N1CCOCC1. The summed E-state index contributed by atoms with van der Waals surface area (Å²) >= 11 is 0. The molecule has 1 unspecified atom stereocenters. The summed E-state index contributed by atoms with van der Waals surface area (Å²) in [5.74, 6) is -1.20. The van der Waals surface area contributed by atoms with Crippen molar-refractivity contribution in [1.29, 1.82) is 0 Å². The maximum absolute atomic E-state index is 14.8. The Bertz CT molecular complexity index is 1990. The summed E-state index contributed by atoms with van der Waals surface area (Å²) in [5, 5.41) is 10.2. The molecule has 4 aromatic carbocycles. The summed E-state index contributed by atoms with van der Waals surface area (Å²) in [5.41, 5.74) is 1.87. The van der Waals surface area contributed by atoms with E-state index in [-0.39, 0.29) is 35.2 Å². The van der Waals surface area contributed by atoms with Gasteiger partial charge in [0, 0.05) is 30.3 Å². The maximum atomic E-state index is 14.8. The number of fused-ring (bicyclic) bond motifs is 2. The smallest absolute Gasteiger partial charge is 0.303 e. The van der Waals surface area contributed by atoms with E-state index in [9.17, 15) is 23.1 Å². The molecule has 2 heterocycles. The number of carboxylic acids is 1. The topological polar surface area (TPSA) is 126 Å². The van der Waals surface area contributed by atoms with Gasteiger partial charge in [-0.15, -0.1) is 0 Å². The predicted molar refractivity (Wildman–Crippen MR) is 175 cm³/mol. The second kappa shape index (κ2) is 13.3. The largest absolute Gasteiger partial charge is 0.481 e. The van der Waals surface area contributed by atoms with E-state index in [1.807, 2.05) is 6.92 Å². The molecule has 1 saturated heterocycles. The van der Waals surface area contributed by atoms with E-state index in [0.29, 0.717) is 46.3 Å². The lowest BCUT2D eigenvalue weighted by Gasteiger charge is -2.32. The van der Waals surface area contributed by atoms with Gasteiger partial charge in [0.25, 0.3) is 15.9 Å². The molecule has 1 aromatic heterocycles. The van der Waals surface area contributed by atoms with Crippen molar-refractivity contribution < 1.29 is 32.6 Å². The van der Waals surface area contributed by atoms with E-state index in [1.54, 1.807) is 84.9 Å². The Hall–Kier alpha value is -4.84. The van der Waals surface area contributed by atoms with Crippen molar-refractivity contribution in [1.82, 2.24) is 9.88 Å². The van der Waals surface area contributed by atoms with E-state index in [2.05, 4.69) is 4.90 Å². The number of carbonyl (C=O) groups is 2. The number of carboxylic acid groups (broad SMARTS) is 1. The zero-order valence-corrected chi connectivity index (χ0v) is 26.0. The quantitative estimate of drug-likeness (QED) is 0.197. The second-order valence-corrected chi connectivity index (χ2v) is 12.7. The Morgan fingerprint density at radius 1 is 0.913 bits per heavy atom. The van der Waals surface area contributed by atoms with Crippen LogP contribution in [0.5, 0.6) is 5.75 Å². The third kappa shape index (κ3) is 6.30. The Balaban J connectivity index is 1.47. The van der Waals surface area contributed by atoms with Gasteiger partial charge in [0.15, 0.2) is 0 Å². The van der Waals surface area contributed by atoms with Crippen LogP contribution in [0.2, 0.25) is 0 Å². The van der Waals surface area contributed by atoms with Crippen LogP contribution in [-0.4, -0.2) is 67.8 Å². The summed E-state index contributed by atoms with van der Waals surface area (Å²) in [6, 6.07) is 26.5. The van der Waals surface area contributed by atoms with E-state index in [0.717, 1.165) is 17.4 Å². The highest BCUT2D eigenvalue weighted by Gasteiger charge is 2.34. The first-order chi connectivity index (χ1) is 22.2. The molecule has 0 saturated carbocycles. The number of sulfonamides is 1. The van der Waals surface area contributed by atoms with Crippen LogP contribution in [0.4, 0.5) is 5.69 Å². The third-order valence-electron chi connectivity index (χ3n) is 8.02. The number of hydrogen-bond acceptors (Lipinski definition) is 8. The molecular weight excluding hydrogens is 606 g/mol. The van der Waals surface area contributed by atoms with Crippen LogP contribution in [0.3, 0.4) is 0 Å². The lowest BCUT2D eigenvalue weighted by atomic mass is 9.97. The van der Waals surface area contributed by atoms with E-state index in [1.165, 1.54) is 12.1 Å². The number of benzene rings is 4. The number of ether oxygens (including phenoxy) is 2. The van der Waals surface area contributed by atoms with Crippen LogP contribution in [0, 0.1) is 0 Å². The maximum Gasteiger partial charge on any atom is 0.303 e. The molecule has 6 rings (SSSR count). The zero-order valence-electron chi connectivity index (χ0n) is 25.2. The average molecular weight is 640 g/mol. The molecule has 0 aliphatic carbocycles. The number of hydrogen-bond donors (Lipinski definition) is 1. The molecule has 1 fully saturated rings. The Labute approximate surface area is 266 Å². The Kier molecular flexibility index (Phi) is 8.98. The molecule has 10 nitrogen and oxygen atoms in total. The average Bonchev–Trinajstić information content (AvgIpc) is 3.07. The van der Waals surface area contributed by atoms with Gasteiger partial charge in [0.05, 0.1) is 40.4 Å². The highest BCUT2D eigenvalue weighted by Crippen LogP contribution is 2.34. The standard InChI is InChI=1S/C35H33N3O7S/c1-24(37-20-22-44-23-21-37)45-27-17-15-26(16-18-27)38(46(42,43)28-9-3-2-4-10-28)35(41)33-29-11-5-6-13-31(29)36-34-25(14-19-32(39)40)8-7-12-30(33)34/h2-13,15-18,24H,14,19-23H2,1H3,(H,39,40). The molecule has 1 aliphatic heterocycles. The minimum absolute atomic E-state index is 0.0468. The molecule has 0 spiro atoms. The predicted octanol–water partition coefficient (Wildman–Crippen LogP) is 5.50. The van der Waals surface area contributed by atoms with Gasteiger partial charge in [-0.05, 0) is 61.4 Å². The van der Waals surface area contributed by atoms with Crippen molar-refractivity contribution in [3.05, 3.63) is 108 Å². The van der Waals surface area contributed by atoms with Crippen molar-refractivity contribution in [2.75, 3.05) is 30.6 Å². The van der Waals surface area contributed by atoms with Crippen LogP contribution in [0.25, 0.3) is 21.8 Å². The summed E-state index contributed by atoms with van der Waals surface area (Å²) in [7, 11) is -4.40. The molecular formula is C35H33N3O7S. The van der Waals surface area contributed by atoms with Gasteiger partial charge >= 0.3 is 5.97 Å². The van der Waals surface area contributed by atoms with Crippen molar-refractivity contribution in [2.45, 2.75) is 30.9 Å². The highest BCUT2D eigenvalue weighted by atomic mass is 32.2. The third-order valence-corrected chi connectivity index (χ3v) is 9.75. The van der Waals surface area contributed by atoms with Crippen molar-refractivity contribution >= 4 is 49.4 Å². The molecule has 0 bridgehead atoms. The lowest BCUT2D eigenvalue weighted by Crippen LogP contribution is -2.44. The molecule has 1 amide bonds. The number of nitrogens with zero attached hydrogens (tertiary/aromatic N) is 3. The summed E-state index contributed by atoms with van der Waals surface area (Å²) in [6.45, 7) is 4.67. The van der Waals surface area contributed by atoms with Crippen LogP contribution in [-0.2, 0) is 26.0 Å². The van der Waals surface area contributed by atoms with Crippen LogP contribution in [0.15, 0.2) is 102 Å².